The van der Waals surface area contributed by atoms with Crippen LogP contribution < -0.4 is 0 Å². The molecule has 0 fully saturated rings. The molecule has 0 aliphatic heterocycles. The third-order valence-corrected chi connectivity index (χ3v) is 3.75. The number of hydrogen-bond donors (Lipinski definition) is 0. The van der Waals surface area contributed by atoms with E-state index in [4.69, 9.17) is 11.6 Å². The minimum Gasteiger partial charge on any atom is -0.351 e. The van der Waals surface area contributed by atoms with Crippen molar-refractivity contribution in [1.82, 2.24) is 19.6 Å². The van der Waals surface area contributed by atoms with Crippen LogP contribution in [0, 0.1) is 6.92 Å². The highest BCUT2D eigenvalue weighted by Gasteiger charge is 2.19. The molecular weight excluding hydrogens is 260 g/mol. The summed E-state index contributed by atoms with van der Waals surface area (Å²) < 4.78 is 3.89. The molecule has 0 N–H and O–H groups in total. The zero-order chi connectivity index (χ0) is 13.4. The van der Waals surface area contributed by atoms with Crippen LogP contribution in [0.3, 0.4) is 0 Å². The number of nitrogens with zero attached hydrogens (tertiary/aromatic N) is 4. The Morgan fingerprint density at radius 3 is 2.84 bits per heavy atom. The van der Waals surface area contributed by atoms with Crippen LogP contribution in [0.2, 0.25) is 5.02 Å². The van der Waals surface area contributed by atoms with Gasteiger partial charge in [-0.1, -0.05) is 23.7 Å². The number of aryl methyl sites for hydroxylation is 1. The summed E-state index contributed by atoms with van der Waals surface area (Å²) in [5.74, 6) is 0. The molecule has 5 heteroatoms. The van der Waals surface area contributed by atoms with Gasteiger partial charge in [0.25, 0.3) is 0 Å². The quantitative estimate of drug-likeness (QED) is 0.734. The molecule has 0 saturated carbocycles. The summed E-state index contributed by atoms with van der Waals surface area (Å²) in [6.45, 7) is 4.02. The lowest BCUT2D eigenvalue weighted by Crippen LogP contribution is -2.11. The van der Waals surface area contributed by atoms with Crippen LogP contribution >= 0.6 is 11.6 Å². The van der Waals surface area contributed by atoms with Gasteiger partial charge in [-0.2, -0.15) is 0 Å². The summed E-state index contributed by atoms with van der Waals surface area (Å²) in [5, 5.41) is 9.82. The molecule has 0 bridgehead atoms. The Bertz CT molecular complexity index is 700. The largest absolute Gasteiger partial charge is 0.351 e. The third-order valence-electron chi connectivity index (χ3n) is 3.42. The smallest absolute Gasteiger partial charge is 0.0807 e. The second kappa shape index (κ2) is 4.70. The van der Waals surface area contributed by atoms with Crippen LogP contribution in [-0.2, 0) is 7.05 Å². The second-order valence-electron chi connectivity index (χ2n) is 4.51. The predicted octanol–water partition coefficient (Wildman–Crippen LogP) is 3.24. The number of halogens is 1. The van der Waals surface area contributed by atoms with E-state index in [0.29, 0.717) is 6.42 Å². The van der Waals surface area contributed by atoms with Crippen molar-refractivity contribution in [3.8, 4) is 0 Å². The molecule has 3 rings (SSSR count). The second-order valence-corrected chi connectivity index (χ2v) is 4.92. The molecule has 3 aromatic rings. The van der Waals surface area contributed by atoms with Gasteiger partial charge in [0.15, 0.2) is 0 Å². The van der Waals surface area contributed by atoms with E-state index in [1.165, 1.54) is 0 Å². The first-order valence-electron chi connectivity index (χ1n) is 6.11. The van der Waals surface area contributed by atoms with Crippen molar-refractivity contribution < 1.29 is 0 Å². The van der Waals surface area contributed by atoms with E-state index in [9.17, 15) is 0 Å². The van der Waals surface area contributed by atoms with E-state index >= 15 is 0 Å². The van der Waals surface area contributed by atoms with Gasteiger partial charge in [0.2, 0.25) is 0 Å². The van der Waals surface area contributed by atoms with Crippen molar-refractivity contribution in [2.45, 2.75) is 12.5 Å². The van der Waals surface area contributed by atoms with E-state index in [2.05, 4.69) is 27.9 Å². The highest BCUT2D eigenvalue weighted by molar-refractivity contribution is 6.32. The molecule has 4 nitrogen and oxygen atoms in total. The fourth-order valence-corrected chi connectivity index (χ4v) is 2.77. The van der Waals surface area contributed by atoms with Gasteiger partial charge in [-0.3, -0.25) is 0 Å². The maximum absolute atomic E-state index is 6.40. The standard InChI is InChI=1S/C14H14ClN4/c1-3-12(19-9-7-16-17-19)14-10-6-8-18(2)13(10)5-4-11(14)15/h4-9,12H,1,3H2,2H3. The number of fused-ring (bicyclic) bond motifs is 1. The van der Waals surface area contributed by atoms with Crippen LogP contribution in [0.5, 0.6) is 0 Å². The van der Waals surface area contributed by atoms with E-state index < -0.39 is 0 Å². The van der Waals surface area contributed by atoms with Crippen LogP contribution in [0.4, 0.5) is 0 Å². The summed E-state index contributed by atoms with van der Waals surface area (Å²) >= 11 is 6.40. The lowest BCUT2D eigenvalue weighted by molar-refractivity contribution is 0.512. The molecule has 97 valence electrons. The Morgan fingerprint density at radius 1 is 1.32 bits per heavy atom. The molecule has 2 aromatic heterocycles. The summed E-state index contributed by atoms with van der Waals surface area (Å²) in [6, 6.07) is 6.04. The molecule has 0 aliphatic carbocycles. The Balaban J connectivity index is 2.25. The lowest BCUT2D eigenvalue weighted by Gasteiger charge is -2.18. The Labute approximate surface area is 116 Å². The minimum absolute atomic E-state index is 0.00102. The molecular formula is C14H14ClN4. The minimum atomic E-state index is 0.00102. The first-order valence-corrected chi connectivity index (χ1v) is 6.48. The normalized spacial score (nSPS) is 13.0. The van der Waals surface area contributed by atoms with Gasteiger partial charge < -0.3 is 4.57 Å². The molecule has 1 unspecified atom stereocenters. The van der Waals surface area contributed by atoms with Gasteiger partial charge in [-0.25, -0.2) is 4.68 Å². The molecule has 0 amide bonds. The van der Waals surface area contributed by atoms with E-state index in [0.717, 1.165) is 21.5 Å². The Hall–Kier alpha value is -1.81. The maximum atomic E-state index is 6.40. The zero-order valence-electron chi connectivity index (χ0n) is 10.6. The molecule has 0 aliphatic rings. The summed E-state index contributed by atoms with van der Waals surface area (Å²) in [4.78, 5) is 0. The van der Waals surface area contributed by atoms with E-state index in [1.54, 1.807) is 10.9 Å². The highest BCUT2D eigenvalue weighted by atomic mass is 35.5. The average molecular weight is 274 g/mol. The predicted molar refractivity (Wildman–Crippen MR) is 76.1 cm³/mol. The highest BCUT2D eigenvalue weighted by Crippen LogP contribution is 2.34. The average Bonchev–Trinajstić information content (AvgIpc) is 3.03. The fraction of sp³-hybridized carbons (Fsp3) is 0.214. The molecule has 1 radical (unpaired) electrons. The third kappa shape index (κ3) is 1.92. The Kier molecular flexibility index (Phi) is 3.03. The van der Waals surface area contributed by atoms with Crippen LogP contribution in [0.15, 0.2) is 36.8 Å². The lowest BCUT2D eigenvalue weighted by atomic mass is 10.0. The van der Waals surface area contributed by atoms with Gasteiger partial charge in [0.05, 0.1) is 12.2 Å². The fourth-order valence-electron chi connectivity index (χ4n) is 2.48. The number of rotatable bonds is 3. The number of aromatic nitrogens is 4. The van der Waals surface area contributed by atoms with Crippen molar-refractivity contribution in [2.75, 3.05) is 0 Å². The van der Waals surface area contributed by atoms with Crippen LogP contribution in [0.25, 0.3) is 10.9 Å². The SMILES string of the molecule is [CH2]CC(c1c(Cl)ccc2c1ccn2C)n1ccnn1. The van der Waals surface area contributed by atoms with Crippen molar-refractivity contribution >= 4 is 22.5 Å². The van der Waals surface area contributed by atoms with Gasteiger partial charge in [0.1, 0.15) is 0 Å². The number of hydrogen-bond acceptors (Lipinski definition) is 2. The van der Waals surface area contributed by atoms with Crippen molar-refractivity contribution in [2.24, 2.45) is 7.05 Å². The molecule has 0 saturated heterocycles. The monoisotopic (exact) mass is 273 g/mol. The van der Waals surface area contributed by atoms with Gasteiger partial charge >= 0.3 is 0 Å². The van der Waals surface area contributed by atoms with Crippen molar-refractivity contribution in [3.05, 3.63) is 54.3 Å². The first kappa shape index (κ1) is 12.2. The van der Waals surface area contributed by atoms with Gasteiger partial charge in [-0.15, -0.1) is 5.10 Å². The van der Waals surface area contributed by atoms with Gasteiger partial charge in [-0.05, 0) is 24.6 Å². The number of benzene rings is 1. The van der Waals surface area contributed by atoms with Crippen molar-refractivity contribution in [3.63, 3.8) is 0 Å². The summed E-state index contributed by atoms with van der Waals surface area (Å²) in [6.07, 6.45) is 6.21. The topological polar surface area (TPSA) is 35.6 Å². The van der Waals surface area contributed by atoms with E-state index in [-0.39, 0.29) is 6.04 Å². The molecule has 1 atom stereocenters. The summed E-state index contributed by atoms with van der Waals surface area (Å²) in [5.41, 5.74) is 2.21. The molecule has 19 heavy (non-hydrogen) atoms. The van der Waals surface area contributed by atoms with Crippen molar-refractivity contribution in [1.29, 1.82) is 0 Å². The zero-order valence-corrected chi connectivity index (χ0v) is 11.4. The van der Waals surface area contributed by atoms with Gasteiger partial charge in [0, 0.05) is 40.9 Å². The first-order chi connectivity index (χ1) is 9.22. The Morgan fingerprint density at radius 2 is 2.16 bits per heavy atom. The molecule has 0 spiro atoms. The summed E-state index contributed by atoms with van der Waals surface area (Å²) in [7, 11) is 2.02. The molecule has 1 aromatic carbocycles. The molecule has 2 heterocycles. The van der Waals surface area contributed by atoms with E-state index in [1.807, 2.05) is 31.6 Å². The maximum Gasteiger partial charge on any atom is 0.0807 e. The van der Waals surface area contributed by atoms with Crippen LogP contribution in [-0.4, -0.2) is 19.6 Å². The van der Waals surface area contributed by atoms with Crippen LogP contribution in [0.1, 0.15) is 18.0 Å².